The molecule has 0 amide bonds. The van der Waals surface area contributed by atoms with Gasteiger partial charge in [0.2, 0.25) is 0 Å². The van der Waals surface area contributed by atoms with Crippen LogP contribution in [0.5, 0.6) is 11.5 Å². The highest BCUT2D eigenvalue weighted by Gasteiger charge is 2.09. The monoisotopic (exact) mass is 402 g/mol. The third kappa shape index (κ3) is 3.59. The molecular formula is C14H9Br2ClO2. The van der Waals surface area contributed by atoms with Gasteiger partial charge in [-0.05, 0) is 59.3 Å². The maximum atomic E-state index is 11.2. The Hall–Kier alpha value is -0.840. The molecular weight excluding hydrogens is 395 g/mol. The van der Waals surface area contributed by atoms with Crippen LogP contribution in [0.2, 0.25) is 5.02 Å². The second kappa shape index (κ2) is 6.07. The molecule has 0 bridgehead atoms. The van der Waals surface area contributed by atoms with E-state index in [1.165, 1.54) is 6.92 Å². The van der Waals surface area contributed by atoms with E-state index in [1.54, 1.807) is 18.2 Å². The fourth-order valence-corrected chi connectivity index (χ4v) is 2.83. The molecule has 0 heterocycles. The Morgan fingerprint density at radius 1 is 1.11 bits per heavy atom. The van der Waals surface area contributed by atoms with Crippen molar-refractivity contribution in [2.45, 2.75) is 6.92 Å². The average molecular weight is 404 g/mol. The molecule has 2 aromatic rings. The molecule has 0 fully saturated rings. The molecule has 0 radical (unpaired) electrons. The molecule has 0 saturated heterocycles. The van der Waals surface area contributed by atoms with E-state index in [4.69, 9.17) is 16.3 Å². The maximum Gasteiger partial charge on any atom is 0.159 e. The second-order valence-corrected chi connectivity index (χ2v) is 6.06. The summed E-state index contributed by atoms with van der Waals surface area (Å²) in [5, 5.41) is 0.405. The zero-order valence-corrected chi connectivity index (χ0v) is 13.8. The van der Waals surface area contributed by atoms with Crippen molar-refractivity contribution < 1.29 is 9.53 Å². The Balaban J connectivity index is 2.31. The van der Waals surface area contributed by atoms with Crippen LogP contribution in [0.25, 0.3) is 0 Å². The molecule has 2 nitrogen and oxygen atoms in total. The molecule has 19 heavy (non-hydrogen) atoms. The summed E-state index contributed by atoms with van der Waals surface area (Å²) >= 11 is 12.9. The summed E-state index contributed by atoms with van der Waals surface area (Å²) in [5.41, 5.74) is 0.562. The standard InChI is InChI=1S/C14H9Br2ClO2/c1-8(18)9-2-4-14(12(17)6-9)19-13-5-3-10(15)7-11(13)16/h2-7H,1H3. The van der Waals surface area contributed by atoms with E-state index < -0.39 is 0 Å². The van der Waals surface area contributed by atoms with Gasteiger partial charge in [0.15, 0.2) is 5.78 Å². The lowest BCUT2D eigenvalue weighted by molar-refractivity contribution is 0.101. The number of rotatable bonds is 3. The van der Waals surface area contributed by atoms with Crippen LogP contribution in [0.1, 0.15) is 17.3 Å². The van der Waals surface area contributed by atoms with E-state index in [-0.39, 0.29) is 5.78 Å². The quantitative estimate of drug-likeness (QED) is 0.599. The second-order valence-electron chi connectivity index (χ2n) is 3.88. The van der Waals surface area contributed by atoms with Crippen molar-refractivity contribution in [1.82, 2.24) is 0 Å². The van der Waals surface area contributed by atoms with Crippen LogP contribution in [0.4, 0.5) is 0 Å². The summed E-state index contributed by atoms with van der Waals surface area (Å²) in [6.07, 6.45) is 0. The molecule has 5 heteroatoms. The average Bonchev–Trinajstić information content (AvgIpc) is 2.34. The summed E-state index contributed by atoms with van der Waals surface area (Å²) in [7, 11) is 0. The molecule has 0 aliphatic rings. The van der Waals surface area contributed by atoms with Crippen LogP contribution in [-0.2, 0) is 0 Å². The number of ether oxygens (including phenoxy) is 1. The van der Waals surface area contributed by atoms with E-state index >= 15 is 0 Å². The predicted molar refractivity (Wildman–Crippen MR) is 83.4 cm³/mol. The molecule has 0 unspecified atom stereocenters. The first-order chi connectivity index (χ1) is 8.97. The third-order valence-electron chi connectivity index (χ3n) is 2.45. The summed E-state index contributed by atoms with van der Waals surface area (Å²) in [4.78, 5) is 11.2. The van der Waals surface area contributed by atoms with Gasteiger partial charge in [0, 0.05) is 10.0 Å². The van der Waals surface area contributed by atoms with Crippen LogP contribution in [0, 0.1) is 0 Å². The normalized spacial score (nSPS) is 10.3. The van der Waals surface area contributed by atoms with Crippen molar-refractivity contribution in [1.29, 1.82) is 0 Å². The van der Waals surface area contributed by atoms with Crippen molar-refractivity contribution in [2.24, 2.45) is 0 Å². The number of carbonyl (C=O) groups is 1. The Kier molecular flexibility index (Phi) is 4.66. The molecule has 98 valence electrons. The molecule has 0 aromatic heterocycles. The molecule has 0 aliphatic heterocycles. The summed E-state index contributed by atoms with van der Waals surface area (Å²) in [6, 6.07) is 10.6. The number of halogens is 3. The van der Waals surface area contributed by atoms with E-state index in [0.29, 0.717) is 22.1 Å². The number of Topliss-reactive ketones (excluding diaryl/α,β-unsaturated/α-hetero) is 1. The van der Waals surface area contributed by atoms with Crippen molar-refractivity contribution >= 4 is 49.2 Å². The Morgan fingerprint density at radius 2 is 1.79 bits per heavy atom. The first-order valence-electron chi connectivity index (χ1n) is 5.41. The zero-order chi connectivity index (χ0) is 14.0. The van der Waals surface area contributed by atoms with Crippen molar-refractivity contribution in [3.8, 4) is 11.5 Å². The topological polar surface area (TPSA) is 26.3 Å². The fourth-order valence-electron chi connectivity index (χ4n) is 1.48. The zero-order valence-electron chi connectivity index (χ0n) is 9.91. The fraction of sp³-hybridized carbons (Fsp3) is 0.0714. The summed E-state index contributed by atoms with van der Waals surface area (Å²) in [6.45, 7) is 1.50. The minimum absolute atomic E-state index is 0.0294. The first kappa shape index (κ1) is 14.6. The van der Waals surface area contributed by atoms with Crippen LogP contribution < -0.4 is 4.74 Å². The van der Waals surface area contributed by atoms with Gasteiger partial charge in [-0.15, -0.1) is 0 Å². The molecule has 0 atom stereocenters. The van der Waals surface area contributed by atoms with Gasteiger partial charge >= 0.3 is 0 Å². The van der Waals surface area contributed by atoms with Gasteiger partial charge < -0.3 is 4.74 Å². The van der Waals surface area contributed by atoms with Crippen molar-refractivity contribution in [3.63, 3.8) is 0 Å². The molecule has 0 N–H and O–H groups in total. The highest BCUT2D eigenvalue weighted by atomic mass is 79.9. The van der Waals surface area contributed by atoms with E-state index in [2.05, 4.69) is 31.9 Å². The van der Waals surface area contributed by atoms with Gasteiger partial charge in [0.1, 0.15) is 11.5 Å². The molecule has 2 rings (SSSR count). The van der Waals surface area contributed by atoms with E-state index in [9.17, 15) is 4.79 Å². The van der Waals surface area contributed by atoms with E-state index in [0.717, 1.165) is 8.95 Å². The lowest BCUT2D eigenvalue weighted by Crippen LogP contribution is -1.93. The Bertz CT molecular complexity index is 641. The van der Waals surface area contributed by atoms with Crippen LogP contribution >= 0.6 is 43.5 Å². The van der Waals surface area contributed by atoms with Crippen LogP contribution in [-0.4, -0.2) is 5.78 Å². The van der Waals surface area contributed by atoms with Gasteiger partial charge in [0.25, 0.3) is 0 Å². The SMILES string of the molecule is CC(=O)c1ccc(Oc2ccc(Br)cc2Br)c(Cl)c1. The Labute approximate surface area is 133 Å². The number of hydrogen-bond acceptors (Lipinski definition) is 2. The minimum Gasteiger partial charge on any atom is -0.455 e. The summed E-state index contributed by atoms with van der Waals surface area (Å²) < 4.78 is 7.48. The largest absolute Gasteiger partial charge is 0.455 e. The van der Waals surface area contributed by atoms with Crippen molar-refractivity contribution in [3.05, 3.63) is 55.9 Å². The van der Waals surface area contributed by atoms with Crippen LogP contribution in [0.15, 0.2) is 45.3 Å². The van der Waals surface area contributed by atoms with Crippen molar-refractivity contribution in [2.75, 3.05) is 0 Å². The van der Waals surface area contributed by atoms with Gasteiger partial charge in [-0.2, -0.15) is 0 Å². The highest BCUT2D eigenvalue weighted by Crippen LogP contribution is 2.35. The smallest absolute Gasteiger partial charge is 0.159 e. The van der Waals surface area contributed by atoms with Crippen LogP contribution in [0.3, 0.4) is 0 Å². The van der Waals surface area contributed by atoms with Gasteiger partial charge in [-0.25, -0.2) is 0 Å². The number of hydrogen-bond donors (Lipinski definition) is 0. The molecule has 0 spiro atoms. The molecule has 2 aromatic carbocycles. The maximum absolute atomic E-state index is 11.2. The van der Waals surface area contributed by atoms with E-state index in [1.807, 2.05) is 18.2 Å². The minimum atomic E-state index is -0.0294. The number of carbonyl (C=O) groups excluding carboxylic acids is 1. The third-order valence-corrected chi connectivity index (χ3v) is 3.86. The lowest BCUT2D eigenvalue weighted by Gasteiger charge is -2.10. The molecule has 0 aliphatic carbocycles. The van der Waals surface area contributed by atoms with Gasteiger partial charge in [0.05, 0.1) is 9.50 Å². The predicted octanol–water partition coefficient (Wildman–Crippen LogP) is 5.86. The van der Waals surface area contributed by atoms with Gasteiger partial charge in [-0.3, -0.25) is 4.79 Å². The molecule has 0 saturated carbocycles. The number of benzene rings is 2. The highest BCUT2D eigenvalue weighted by molar-refractivity contribution is 9.11. The lowest BCUT2D eigenvalue weighted by atomic mass is 10.1. The van der Waals surface area contributed by atoms with Gasteiger partial charge in [-0.1, -0.05) is 27.5 Å². The summed E-state index contributed by atoms with van der Waals surface area (Å²) in [5.74, 6) is 1.13. The first-order valence-corrected chi connectivity index (χ1v) is 7.37. The number of ketones is 1. The Morgan fingerprint density at radius 3 is 2.37 bits per heavy atom.